The Morgan fingerprint density at radius 2 is 2.21 bits per heavy atom. The standard InChI is InChI=1S/C15H18N2O2/c1-4-15(3,14(18)19)10-12-11-8-6-7-9-13(11)17(5-2)16-12/h4,6-9H,1,5,10H2,2-3H3,(H,18,19). The highest BCUT2D eigenvalue weighted by Crippen LogP contribution is 2.28. The fraction of sp³-hybridized carbons (Fsp3) is 0.333. The number of nitrogens with zero attached hydrogens (tertiary/aromatic N) is 2. The number of benzene rings is 1. The van der Waals surface area contributed by atoms with Crippen LogP contribution in [0.25, 0.3) is 10.9 Å². The molecule has 0 saturated heterocycles. The number of hydrogen-bond acceptors (Lipinski definition) is 2. The summed E-state index contributed by atoms with van der Waals surface area (Å²) in [6, 6.07) is 7.89. The summed E-state index contributed by atoms with van der Waals surface area (Å²) >= 11 is 0. The van der Waals surface area contributed by atoms with Crippen LogP contribution in [-0.2, 0) is 17.8 Å². The zero-order valence-corrected chi connectivity index (χ0v) is 11.3. The molecule has 0 aliphatic rings. The van der Waals surface area contributed by atoms with Crippen LogP contribution in [0.3, 0.4) is 0 Å². The van der Waals surface area contributed by atoms with Crippen molar-refractivity contribution in [1.29, 1.82) is 0 Å². The molecule has 1 heterocycles. The Morgan fingerprint density at radius 3 is 2.79 bits per heavy atom. The first-order chi connectivity index (χ1) is 9.01. The monoisotopic (exact) mass is 258 g/mol. The van der Waals surface area contributed by atoms with Gasteiger partial charge in [-0.2, -0.15) is 5.10 Å². The molecule has 0 amide bonds. The average molecular weight is 258 g/mol. The third-order valence-electron chi connectivity index (χ3n) is 3.51. The van der Waals surface area contributed by atoms with Gasteiger partial charge in [0.2, 0.25) is 0 Å². The van der Waals surface area contributed by atoms with Crippen molar-refractivity contribution in [2.75, 3.05) is 0 Å². The molecule has 1 aromatic carbocycles. The summed E-state index contributed by atoms with van der Waals surface area (Å²) in [5.74, 6) is -0.877. The van der Waals surface area contributed by atoms with Crippen LogP contribution in [0.15, 0.2) is 36.9 Å². The van der Waals surface area contributed by atoms with Gasteiger partial charge in [0.1, 0.15) is 0 Å². The lowest BCUT2D eigenvalue weighted by Gasteiger charge is -2.18. The highest BCUT2D eigenvalue weighted by molar-refractivity contribution is 5.83. The SMILES string of the molecule is C=CC(C)(Cc1nn(CC)c2ccccc12)C(=O)O. The fourth-order valence-electron chi connectivity index (χ4n) is 2.15. The maximum absolute atomic E-state index is 11.4. The van der Waals surface area contributed by atoms with Crippen LogP contribution < -0.4 is 0 Å². The number of carboxylic acids is 1. The zero-order chi connectivity index (χ0) is 14.0. The molecule has 0 fully saturated rings. The minimum atomic E-state index is -0.990. The van der Waals surface area contributed by atoms with Gasteiger partial charge in [-0.15, -0.1) is 6.58 Å². The maximum Gasteiger partial charge on any atom is 0.313 e. The summed E-state index contributed by atoms with van der Waals surface area (Å²) in [6.07, 6.45) is 1.83. The van der Waals surface area contributed by atoms with Crippen LogP contribution in [-0.4, -0.2) is 20.9 Å². The molecular formula is C15H18N2O2. The molecule has 0 aliphatic heterocycles. The molecule has 0 aliphatic carbocycles. The number of aromatic nitrogens is 2. The Hall–Kier alpha value is -2.10. The molecule has 1 aromatic heterocycles. The summed E-state index contributed by atoms with van der Waals surface area (Å²) in [4.78, 5) is 11.4. The number of hydrogen-bond donors (Lipinski definition) is 1. The number of rotatable bonds is 5. The van der Waals surface area contributed by atoms with E-state index in [1.807, 2.05) is 35.9 Å². The Kier molecular flexibility index (Phi) is 3.42. The van der Waals surface area contributed by atoms with Crippen LogP contribution >= 0.6 is 0 Å². The Morgan fingerprint density at radius 1 is 1.53 bits per heavy atom. The first-order valence-electron chi connectivity index (χ1n) is 6.33. The van der Waals surface area contributed by atoms with Gasteiger partial charge in [0.05, 0.1) is 16.6 Å². The molecule has 19 heavy (non-hydrogen) atoms. The summed E-state index contributed by atoms with van der Waals surface area (Å²) in [6.45, 7) is 8.09. The number of aryl methyl sites for hydroxylation is 1. The number of aliphatic carboxylic acids is 1. The maximum atomic E-state index is 11.4. The van der Waals surface area contributed by atoms with Crippen LogP contribution in [0.4, 0.5) is 0 Å². The van der Waals surface area contributed by atoms with Gasteiger partial charge < -0.3 is 5.11 Å². The van der Waals surface area contributed by atoms with E-state index in [4.69, 9.17) is 0 Å². The average Bonchev–Trinajstić information content (AvgIpc) is 2.76. The summed E-state index contributed by atoms with van der Waals surface area (Å²) in [7, 11) is 0. The largest absolute Gasteiger partial charge is 0.481 e. The fourth-order valence-corrected chi connectivity index (χ4v) is 2.15. The van der Waals surface area contributed by atoms with Gasteiger partial charge in [-0.3, -0.25) is 9.48 Å². The predicted octanol–water partition coefficient (Wildman–Crippen LogP) is 2.88. The van der Waals surface area contributed by atoms with E-state index in [1.54, 1.807) is 6.92 Å². The van der Waals surface area contributed by atoms with Crippen LogP contribution in [0.2, 0.25) is 0 Å². The van der Waals surface area contributed by atoms with E-state index in [-0.39, 0.29) is 0 Å². The number of carbonyl (C=O) groups is 1. The number of para-hydroxylation sites is 1. The van der Waals surface area contributed by atoms with E-state index in [9.17, 15) is 9.90 Å². The minimum Gasteiger partial charge on any atom is -0.481 e. The van der Waals surface area contributed by atoms with Crippen LogP contribution in [0.5, 0.6) is 0 Å². The number of carboxylic acid groups (broad SMARTS) is 1. The first-order valence-corrected chi connectivity index (χ1v) is 6.33. The van der Waals surface area contributed by atoms with Crippen LogP contribution in [0, 0.1) is 5.41 Å². The predicted molar refractivity (Wildman–Crippen MR) is 75.1 cm³/mol. The zero-order valence-electron chi connectivity index (χ0n) is 11.3. The van der Waals surface area contributed by atoms with Crippen LogP contribution in [0.1, 0.15) is 19.5 Å². The molecule has 4 heteroatoms. The highest BCUT2D eigenvalue weighted by atomic mass is 16.4. The van der Waals surface area contributed by atoms with E-state index in [2.05, 4.69) is 11.7 Å². The molecule has 0 bridgehead atoms. The smallest absolute Gasteiger partial charge is 0.313 e. The summed E-state index contributed by atoms with van der Waals surface area (Å²) in [5, 5.41) is 14.9. The van der Waals surface area contributed by atoms with Gasteiger partial charge in [0, 0.05) is 18.4 Å². The second-order valence-electron chi connectivity index (χ2n) is 4.88. The molecule has 0 saturated carbocycles. The van der Waals surface area contributed by atoms with Crippen molar-refractivity contribution in [3.05, 3.63) is 42.6 Å². The van der Waals surface area contributed by atoms with E-state index in [0.717, 1.165) is 23.1 Å². The molecule has 1 atom stereocenters. The van der Waals surface area contributed by atoms with Gasteiger partial charge in [-0.1, -0.05) is 24.3 Å². The molecule has 100 valence electrons. The molecule has 2 aromatic rings. The van der Waals surface area contributed by atoms with Gasteiger partial charge >= 0.3 is 5.97 Å². The van der Waals surface area contributed by atoms with E-state index < -0.39 is 11.4 Å². The third-order valence-corrected chi connectivity index (χ3v) is 3.51. The second kappa shape index (κ2) is 4.88. The van der Waals surface area contributed by atoms with Crippen molar-refractivity contribution in [1.82, 2.24) is 9.78 Å². The molecule has 1 unspecified atom stereocenters. The van der Waals surface area contributed by atoms with Crippen molar-refractivity contribution in [3.8, 4) is 0 Å². The van der Waals surface area contributed by atoms with E-state index in [0.29, 0.717) is 6.42 Å². The normalized spacial score (nSPS) is 14.2. The first kappa shape index (κ1) is 13.3. The van der Waals surface area contributed by atoms with Gasteiger partial charge in [0.25, 0.3) is 0 Å². The lowest BCUT2D eigenvalue weighted by Crippen LogP contribution is -2.27. The van der Waals surface area contributed by atoms with E-state index >= 15 is 0 Å². The van der Waals surface area contributed by atoms with Crippen molar-refractivity contribution in [2.24, 2.45) is 5.41 Å². The summed E-state index contributed by atoms with van der Waals surface area (Å²) < 4.78 is 1.90. The lowest BCUT2D eigenvalue weighted by molar-refractivity contribution is -0.145. The Labute approximate surface area is 112 Å². The molecule has 0 spiro atoms. The van der Waals surface area contributed by atoms with Crippen molar-refractivity contribution in [3.63, 3.8) is 0 Å². The van der Waals surface area contributed by atoms with Gasteiger partial charge in [0.15, 0.2) is 0 Å². The van der Waals surface area contributed by atoms with Crippen molar-refractivity contribution < 1.29 is 9.90 Å². The van der Waals surface area contributed by atoms with Crippen molar-refractivity contribution in [2.45, 2.75) is 26.8 Å². The van der Waals surface area contributed by atoms with Gasteiger partial charge in [-0.05, 0) is 19.9 Å². The topological polar surface area (TPSA) is 55.1 Å². The Bertz CT molecular complexity index is 630. The van der Waals surface area contributed by atoms with E-state index in [1.165, 1.54) is 6.08 Å². The molecule has 1 N–H and O–H groups in total. The molecule has 4 nitrogen and oxygen atoms in total. The molecular weight excluding hydrogens is 240 g/mol. The highest BCUT2D eigenvalue weighted by Gasteiger charge is 2.31. The minimum absolute atomic E-state index is 0.347. The third kappa shape index (κ3) is 2.26. The number of fused-ring (bicyclic) bond motifs is 1. The van der Waals surface area contributed by atoms with Gasteiger partial charge in [-0.25, -0.2) is 0 Å². The molecule has 2 rings (SSSR count). The Balaban J connectivity index is 2.52. The lowest BCUT2D eigenvalue weighted by atomic mass is 9.85. The molecule has 0 radical (unpaired) electrons. The second-order valence-corrected chi connectivity index (χ2v) is 4.88. The van der Waals surface area contributed by atoms with Crippen molar-refractivity contribution >= 4 is 16.9 Å². The summed E-state index contributed by atoms with van der Waals surface area (Å²) in [5.41, 5.74) is 0.856. The quantitative estimate of drug-likeness (QED) is 0.839.